The third-order valence-corrected chi connectivity index (χ3v) is 4.61. The molecule has 2 atom stereocenters. The fourth-order valence-electron chi connectivity index (χ4n) is 3.06. The zero-order valence-corrected chi connectivity index (χ0v) is 13.9. The number of aromatic nitrogens is 1. The van der Waals surface area contributed by atoms with Gasteiger partial charge in [-0.2, -0.15) is 0 Å². The summed E-state index contributed by atoms with van der Waals surface area (Å²) in [5.74, 6) is -0.240. The number of halogens is 1. The van der Waals surface area contributed by atoms with E-state index in [1.165, 1.54) is 18.5 Å². The van der Waals surface area contributed by atoms with Gasteiger partial charge in [0.1, 0.15) is 5.75 Å². The fraction of sp³-hybridized carbons (Fsp3) is 0.333. The molecule has 1 aromatic heterocycles. The molecule has 1 aliphatic rings. The number of carbonyl (C=O) groups is 1. The maximum atomic E-state index is 12.6. The Labute approximate surface area is 145 Å². The standard InChI is InChI=1S/C18H19ClN2O3/c19-15-3-1-12(2-4-15)7-14-11-21(6-5-17(14)23)18(24)13-8-16(22)10-20-9-13/h1-4,8-10,14,17,22-23H,5-7,11H2/t14-,17-/m1/s1. The van der Waals surface area contributed by atoms with E-state index in [2.05, 4.69) is 4.98 Å². The van der Waals surface area contributed by atoms with Gasteiger partial charge in [-0.1, -0.05) is 23.7 Å². The summed E-state index contributed by atoms with van der Waals surface area (Å²) < 4.78 is 0. The second-order valence-corrected chi connectivity index (χ2v) is 6.57. The van der Waals surface area contributed by atoms with Crippen LogP contribution in [0.2, 0.25) is 5.02 Å². The molecule has 1 amide bonds. The minimum Gasteiger partial charge on any atom is -0.506 e. The van der Waals surface area contributed by atoms with Gasteiger partial charge in [0.15, 0.2) is 0 Å². The largest absolute Gasteiger partial charge is 0.506 e. The number of likely N-dealkylation sites (tertiary alicyclic amines) is 1. The monoisotopic (exact) mass is 346 g/mol. The van der Waals surface area contributed by atoms with Crippen molar-refractivity contribution in [2.24, 2.45) is 5.92 Å². The molecule has 0 spiro atoms. The quantitative estimate of drug-likeness (QED) is 0.895. The lowest BCUT2D eigenvalue weighted by molar-refractivity contribution is 0.0241. The van der Waals surface area contributed by atoms with Crippen molar-refractivity contribution in [3.63, 3.8) is 0 Å². The number of amides is 1. The van der Waals surface area contributed by atoms with Crippen molar-refractivity contribution in [2.45, 2.75) is 18.9 Å². The van der Waals surface area contributed by atoms with Crippen LogP contribution in [0.5, 0.6) is 5.75 Å². The summed E-state index contributed by atoms with van der Waals surface area (Å²) >= 11 is 5.90. The first-order valence-corrected chi connectivity index (χ1v) is 8.26. The van der Waals surface area contributed by atoms with Crippen molar-refractivity contribution in [3.05, 3.63) is 58.9 Å². The maximum absolute atomic E-state index is 12.6. The van der Waals surface area contributed by atoms with Crippen molar-refractivity contribution in [3.8, 4) is 5.75 Å². The lowest BCUT2D eigenvalue weighted by Crippen LogP contribution is -2.46. The number of aliphatic hydroxyl groups is 1. The van der Waals surface area contributed by atoms with Gasteiger partial charge in [0.25, 0.3) is 5.91 Å². The molecule has 0 unspecified atom stereocenters. The summed E-state index contributed by atoms with van der Waals surface area (Å²) in [7, 11) is 0. The van der Waals surface area contributed by atoms with Gasteiger partial charge in [0.2, 0.25) is 0 Å². The molecule has 6 heteroatoms. The molecule has 0 saturated carbocycles. The lowest BCUT2D eigenvalue weighted by atomic mass is 9.88. The first-order valence-electron chi connectivity index (χ1n) is 7.89. The number of aromatic hydroxyl groups is 1. The second kappa shape index (κ2) is 7.20. The Morgan fingerprint density at radius 3 is 2.75 bits per heavy atom. The van der Waals surface area contributed by atoms with Crippen molar-refractivity contribution in [1.29, 1.82) is 0 Å². The predicted octanol–water partition coefficient (Wildman–Crippen LogP) is 2.51. The van der Waals surface area contributed by atoms with Crippen LogP contribution in [0.15, 0.2) is 42.7 Å². The molecule has 2 heterocycles. The third kappa shape index (κ3) is 3.86. The van der Waals surface area contributed by atoms with Gasteiger partial charge in [0.05, 0.1) is 17.9 Å². The molecule has 0 radical (unpaired) electrons. The van der Waals surface area contributed by atoms with Crippen LogP contribution in [0, 0.1) is 5.92 Å². The Morgan fingerprint density at radius 1 is 1.29 bits per heavy atom. The smallest absolute Gasteiger partial charge is 0.255 e. The molecule has 1 saturated heterocycles. The highest BCUT2D eigenvalue weighted by atomic mass is 35.5. The van der Waals surface area contributed by atoms with E-state index in [0.29, 0.717) is 36.5 Å². The molecule has 5 nitrogen and oxygen atoms in total. The van der Waals surface area contributed by atoms with Crippen molar-refractivity contribution < 1.29 is 15.0 Å². The van der Waals surface area contributed by atoms with Crippen molar-refractivity contribution in [2.75, 3.05) is 13.1 Å². The maximum Gasteiger partial charge on any atom is 0.255 e. The number of benzene rings is 1. The number of pyridine rings is 1. The minimum absolute atomic E-state index is 0.0318. The molecule has 1 aromatic carbocycles. The van der Waals surface area contributed by atoms with Gasteiger partial charge in [-0.05, 0) is 36.6 Å². The molecule has 1 fully saturated rings. The van der Waals surface area contributed by atoms with Gasteiger partial charge in [0, 0.05) is 30.2 Å². The topological polar surface area (TPSA) is 73.7 Å². The van der Waals surface area contributed by atoms with Crippen molar-refractivity contribution in [1.82, 2.24) is 9.88 Å². The molecule has 1 aliphatic heterocycles. The number of piperidine rings is 1. The van der Waals surface area contributed by atoms with E-state index in [-0.39, 0.29) is 17.6 Å². The average molecular weight is 347 g/mol. The van der Waals surface area contributed by atoms with Gasteiger partial charge >= 0.3 is 0 Å². The molecular formula is C18H19ClN2O3. The summed E-state index contributed by atoms with van der Waals surface area (Å²) in [4.78, 5) is 18.1. The van der Waals surface area contributed by atoms with Crippen LogP contribution in [0.3, 0.4) is 0 Å². The molecule has 0 aliphatic carbocycles. The summed E-state index contributed by atoms with van der Waals surface area (Å²) in [5, 5.41) is 20.4. The Hall–Kier alpha value is -2.11. The van der Waals surface area contributed by atoms with Crippen LogP contribution in [-0.2, 0) is 6.42 Å². The summed E-state index contributed by atoms with van der Waals surface area (Å²) in [6.07, 6.45) is 3.52. The van der Waals surface area contributed by atoms with Crippen LogP contribution >= 0.6 is 11.6 Å². The molecular weight excluding hydrogens is 328 g/mol. The van der Waals surface area contributed by atoms with Crippen molar-refractivity contribution >= 4 is 17.5 Å². The first kappa shape index (κ1) is 16.7. The van der Waals surface area contributed by atoms with E-state index in [9.17, 15) is 15.0 Å². The number of carbonyl (C=O) groups excluding carboxylic acids is 1. The molecule has 126 valence electrons. The Bertz CT molecular complexity index is 720. The first-order chi connectivity index (χ1) is 11.5. The van der Waals surface area contributed by atoms with Gasteiger partial charge in [-0.25, -0.2) is 0 Å². The molecule has 24 heavy (non-hydrogen) atoms. The van der Waals surface area contributed by atoms with Gasteiger partial charge in [-0.3, -0.25) is 9.78 Å². The number of rotatable bonds is 3. The highest BCUT2D eigenvalue weighted by molar-refractivity contribution is 6.30. The lowest BCUT2D eigenvalue weighted by Gasteiger charge is -2.36. The Morgan fingerprint density at radius 2 is 2.04 bits per heavy atom. The Balaban J connectivity index is 1.70. The summed E-state index contributed by atoms with van der Waals surface area (Å²) in [6.45, 7) is 0.963. The predicted molar refractivity (Wildman–Crippen MR) is 91.1 cm³/mol. The Kier molecular flexibility index (Phi) is 5.02. The number of nitrogens with zero attached hydrogens (tertiary/aromatic N) is 2. The van der Waals surface area contributed by atoms with Gasteiger partial charge < -0.3 is 15.1 Å². The molecule has 3 rings (SSSR count). The second-order valence-electron chi connectivity index (χ2n) is 6.13. The zero-order chi connectivity index (χ0) is 17.1. The molecule has 0 bridgehead atoms. The van der Waals surface area contributed by atoms with Crippen LogP contribution in [0.1, 0.15) is 22.3 Å². The van der Waals surface area contributed by atoms with E-state index in [1.54, 1.807) is 4.90 Å². The summed E-state index contributed by atoms with van der Waals surface area (Å²) in [5.41, 5.74) is 1.44. The van der Waals surface area contributed by atoms with Crippen LogP contribution in [0.25, 0.3) is 0 Å². The van der Waals surface area contributed by atoms with Crippen LogP contribution in [0.4, 0.5) is 0 Å². The van der Waals surface area contributed by atoms with E-state index >= 15 is 0 Å². The third-order valence-electron chi connectivity index (χ3n) is 4.36. The minimum atomic E-state index is -0.438. The van der Waals surface area contributed by atoms with E-state index < -0.39 is 6.10 Å². The molecule has 2 aromatic rings. The number of hydrogen-bond donors (Lipinski definition) is 2. The van der Waals surface area contributed by atoms with Crippen LogP contribution < -0.4 is 0 Å². The van der Waals surface area contributed by atoms with E-state index in [4.69, 9.17) is 11.6 Å². The summed E-state index contributed by atoms with van der Waals surface area (Å²) in [6, 6.07) is 8.94. The van der Waals surface area contributed by atoms with E-state index in [0.717, 1.165) is 5.56 Å². The highest BCUT2D eigenvalue weighted by Gasteiger charge is 2.31. The highest BCUT2D eigenvalue weighted by Crippen LogP contribution is 2.24. The normalized spacial score (nSPS) is 20.8. The van der Waals surface area contributed by atoms with E-state index in [1.807, 2.05) is 24.3 Å². The zero-order valence-electron chi connectivity index (χ0n) is 13.1. The fourth-order valence-corrected chi connectivity index (χ4v) is 3.18. The number of hydrogen-bond acceptors (Lipinski definition) is 4. The number of aliphatic hydroxyl groups excluding tert-OH is 1. The molecule has 2 N–H and O–H groups in total. The SMILES string of the molecule is O=C(c1cncc(O)c1)N1CC[C@@H](O)[C@H](Cc2ccc(Cl)cc2)C1. The van der Waals surface area contributed by atoms with Gasteiger partial charge in [-0.15, -0.1) is 0 Å². The average Bonchev–Trinajstić information content (AvgIpc) is 2.58. The van der Waals surface area contributed by atoms with Crippen LogP contribution in [-0.4, -0.2) is 45.2 Å².